The van der Waals surface area contributed by atoms with Crippen molar-refractivity contribution < 1.29 is 4.58 Å². The van der Waals surface area contributed by atoms with Gasteiger partial charge in [0.2, 0.25) is 0 Å². The van der Waals surface area contributed by atoms with Gasteiger partial charge in [0.1, 0.15) is 0 Å². The first-order valence-corrected chi connectivity index (χ1v) is 2.69. The van der Waals surface area contributed by atoms with Gasteiger partial charge in [-0.05, 0) is 20.4 Å². The third-order valence-corrected chi connectivity index (χ3v) is 1.04. The average Bonchev–Trinajstić information content (AvgIpc) is 1.62. The first-order chi connectivity index (χ1) is 3.85. The third-order valence-electron chi connectivity index (χ3n) is 1.04. The molecule has 0 unspecified atom stereocenters. The van der Waals surface area contributed by atoms with Crippen LogP contribution in [-0.2, 0) is 0 Å². The molecule has 52 valence electrons. The Balaban J connectivity index is 4.23. The summed E-state index contributed by atoms with van der Waals surface area (Å²) in [6.45, 7) is 10.7. The lowest BCUT2D eigenvalue weighted by Crippen LogP contribution is -2.45. The van der Waals surface area contributed by atoms with Gasteiger partial charge in [-0.3, -0.25) is 11.5 Å². The molecular formula is C6H14N3+. The molecule has 0 atom stereocenters. The SMILES string of the molecule is C=C(N)[N+](=C)C(C)(C)N. The van der Waals surface area contributed by atoms with E-state index in [1.54, 1.807) is 13.8 Å². The van der Waals surface area contributed by atoms with Gasteiger partial charge in [0.05, 0.1) is 6.72 Å². The number of rotatable bonds is 2. The smallest absolute Gasteiger partial charge is 0.265 e. The van der Waals surface area contributed by atoms with Crippen molar-refractivity contribution in [2.45, 2.75) is 19.5 Å². The molecule has 0 aliphatic carbocycles. The summed E-state index contributed by atoms with van der Waals surface area (Å²) in [5.74, 6) is 0.377. The van der Waals surface area contributed by atoms with Crippen LogP contribution in [0.1, 0.15) is 13.8 Å². The predicted octanol–water partition coefficient (Wildman–Crippen LogP) is -0.176. The lowest BCUT2D eigenvalue weighted by atomic mass is 10.2. The molecule has 0 rings (SSSR count). The Morgan fingerprint density at radius 1 is 1.56 bits per heavy atom. The van der Waals surface area contributed by atoms with Crippen molar-refractivity contribution >= 4 is 6.72 Å². The lowest BCUT2D eigenvalue weighted by molar-refractivity contribution is -0.548. The van der Waals surface area contributed by atoms with Crippen molar-refractivity contribution in [3.05, 3.63) is 12.4 Å². The molecule has 0 aliphatic heterocycles. The maximum Gasteiger partial charge on any atom is 0.265 e. The van der Waals surface area contributed by atoms with Gasteiger partial charge >= 0.3 is 0 Å². The molecule has 0 fully saturated rings. The zero-order valence-corrected chi connectivity index (χ0v) is 6.02. The van der Waals surface area contributed by atoms with E-state index in [1.807, 2.05) is 0 Å². The van der Waals surface area contributed by atoms with Gasteiger partial charge in [-0.1, -0.05) is 0 Å². The van der Waals surface area contributed by atoms with Crippen LogP contribution in [0.3, 0.4) is 0 Å². The Labute approximate surface area is 55.7 Å². The van der Waals surface area contributed by atoms with Crippen molar-refractivity contribution in [1.82, 2.24) is 0 Å². The second-order valence-electron chi connectivity index (χ2n) is 2.57. The highest BCUT2D eigenvalue weighted by molar-refractivity contribution is 5.17. The molecular weight excluding hydrogens is 114 g/mol. The fourth-order valence-electron chi connectivity index (χ4n) is 0.370. The minimum atomic E-state index is -0.522. The summed E-state index contributed by atoms with van der Waals surface area (Å²) >= 11 is 0. The molecule has 0 aromatic rings. The van der Waals surface area contributed by atoms with Crippen LogP contribution >= 0.6 is 0 Å². The van der Waals surface area contributed by atoms with Gasteiger partial charge in [0.25, 0.3) is 5.82 Å². The van der Waals surface area contributed by atoms with E-state index >= 15 is 0 Å². The molecule has 0 aliphatic rings. The highest BCUT2D eigenvalue weighted by atomic mass is 15.2. The molecule has 0 bridgehead atoms. The minimum absolute atomic E-state index is 0.377. The Hall–Kier alpha value is -0.830. The zero-order chi connectivity index (χ0) is 7.65. The monoisotopic (exact) mass is 128 g/mol. The molecule has 0 aromatic carbocycles. The topological polar surface area (TPSA) is 55.0 Å². The molecule has 9 heavy (non-hydrogen) atoms. The predicted molar refractivity (Wildman–Crippen MR) is 39.0 cm³/mol. The molecule has 3 nitrogen and oxygen atoms in total. The third kappa shape index (κ3) is 2.28. The molecule has 3 heteroatoms. The molecule has 0 heterocycles. The average molecular weight is 128 g/mol. The van der Waals surface area contributed by atoms with Gasteiger partial charge in [-0.25, -0.2) is 4.58 Å². The molecule has 0 radical (unpaired) electrons. The summed E-state index contributed by atoms with van der Waals surface area (Å²) in [4.78, 5) is 0. The van der Waals surface area contributed by atoms with Crippen LogP contribution in [0.2, 0.25) is 0 Å². The van der Waals surface area contributed by atoms with E-state index in [0.717, 1.165) is 0 Å². The van der Waals surface area contributed by atoms with E-state index in [0.29, 0.717) is 5.82 Å². The number of nitrogens with zero attached hydrogens (tertiary/aromatic N) is 1. The Bertz CT molecular complexity index is 141. The van der Waals surface area contributed by atoms with Crippen LogP contribution in [0.25, 0.3) is 0 Å². The van der Waals surface area contributed by atoms with Gasteiger partial charge in [0.15, 0.2) is 5.66 Å². The van der Waals surface area contributed by atoms with E-state index in [4.69, 9.17) is 11.5 Å². The van der Waals surface area contributed by atoms with E-state index in [1.165, 1.54) is 4.58 Å². The van der Waals surface area contributed by atoms with Crippen LogP contribution in [0, 0.1) is 0 Å². The summed E-state index contributed by atoms with van der Waals surface area (Å²) in [5.41, 5.74) is 10.4. The van der Waals surface area contributed by atoms with Crippen LogP contribution < -0.4 is 11.5 Å². The molecule has 0 aromatic heterocycles. The zero-order valence-electron chi connectivity index (χ0n) is 6.02. The normalized spacial score (nSPS) is 11.0. The number of hydrogen-bond acceptors (Lipinski definition) is 2. The van der Waals surface area contributed by atoms with Crippen LogP contribution in [0.5, 0.6) is 0 Å². The Morgan fingerprint density at radius 3 is 1.89 bits per heavy atom. The van der Waals surface area contributed by atoms with Crippen LogP contribution in [0.4, 0.5) is 0 Å². The minimum Gasteiger partial charge on any atom is -0.290 e. The molecule has 0 spiro atoms. The molecule has 0 saturated heterocycles. The summed E-state index contributed by atoms with van der Waals surface area (Å²) in [5, 5.41) is 0. The van der Waals surface area contributed by atoms with Gasteiger partial charge in [-0.2, -0.15) is 0 Å². The summed E-state index contributed by atoms with van der Waals surface area (Å²) in [6, 6.07) is 0. The maximum absolute atomic E-state index is 5.60. The Kier molecular flexibility index (Phi) is 1.99. The largest absolute Gasteiger partial charge is 0.290 e. The van der Waals surface area contributed by atoms with Crippen molar-refractivity contribution in [3.8, 4) is 0 Å². The summed E-state index contributed by atoms with van der Waals surface area (Å²) in [6.07, 6.45) is 0. The van der Waals surface area contributed by atoms with E-state index in [9.17, 15) is 0 Å². The first-order valence-electron chi connectivity index (χ1n) is 2.69. The quantitative estimate of drug-likeness (QED) is 0.308. The second-order valence-corrected chi connectivity index (χ2v) is 2.57. The fourth-order valence-corrected chi connectivity index (χ4v) is 0.370. The second kappa shape index (κ2) is 2.19. The van der Waals surface area contributed by atoms with Gasteiger partial charge in [0, 0.05) is 0 Å². The van der Waals surface area contributed by atoms with Crippen molar-refractivity contribution in [1.29, 1.82) is 0 Å². The van der Waals surface area contributed by atoms with Crippen molar-refractivity contribution in [2.24, 2.45) is 11.5 Å². The van der Waals surface area contributed by atoms with Gasteiger partial charge < -0.3 is 0 Å². The van der Waals surface area contributed by atoms with E-state index < -0.39 is 5.66 Å². The highest BCUT2D eigenvalue weighted by Gasteiger charge is 2.19. The summed E-state index contributed by atoms with van der Waals surface area (Å²) < 4.78 is 1.47. The van der Waals surface area contributed by atoms with Crippen molar-refractivity contribution in [2.75, 3.05) is 0 Å². The standard InChI is InChI=1S/C6H14N3/c1-5(7)9(4)6(2,3)8/h1,4,7-8H2,2-3H3/q+1. The highest BCUT2D eigenvalue weighted by Crippen LogP contribution is 1.99. The molecule has 0 amide bonds. The van der Waals surface area contributed by atoms with Crippen molar-refractivity contribution in [3.63, 3.8) is 0 Å². The number of nitrogens with two attached hydrogens (primary N) is 2. The van der Waals surface area contributed by atoms with Crippen LogP contribution in [-0.4, -0.2) is 17.0 Å². The summed E-state index contributed by atoms with van der Waals surface area (Å²) in [7, 11) is 0. The number of hydrogen-bond donors (Lipinski definition) is 2. The van der Waals surface area contributed by atoms with E-state index in [-0.39, 0.29) is 0 Å². The Morgan fingerprint density at radius 2 is 1.89 bits per heavy atom. The molecule has 4 N–H and O–H groups in total. The van der Waals surface area contributed by atoms with Crippen LogP contribution in [0.15, 0.2) is 12.4 Å². The van der Waals surface area contributed by atoms with Gasteiger partial charge in [-0.15, -0.1) is 0 Å². The lowest BCUT2D eigenvalue weighted by Gasteiger charge is -2.18. The first kappa shape index (κ1) is 8.17. The van der Waals surface area contributed by atoms with E-state index in [2.05, 4.69) is 13.3 Å². The fraction of sp³-hybridized carbons (Fsp3) is 0.500. The molecule has 0 saturated carbocycles. The maximum atomic E-state index is 5.60.